The fourth-order valence-electron chi connectivity index (χ4n) is 4.50. The van der Waals surface area contributed by atoms with Crippen molar-refractivity contribution < 1.29 is 28.7 Å². The molecule has 2 amide bonds. The van der Waals surface area contributed by atoms with Gasteiger partial charge in [-0.2, -0.15) is 0 Å². The zero-order valence-electron chi connectivity index (χ0n) is 21.2. The zero-order valence-corrected chi connectivity index (χ0v) is 21.2. The first-order chi connectivity index (χ1) is 19.2. The number of amides is 2. The maximum absolute atomic E-state index is 12.6. The van der Waals surface area contributed by atoms with Crippen LogP contribution in [0.1, 0.15) is 46.5 Å². The van der Waals surface area contributed by atoms with E-state index in [1.165, 1.54) is 5.56 Å². The number of aromatic nitrogens is 1. The third-order valence-electron chi connectivity index (χ3n) is 6.71. The number of likely N-dealkylation sites (tertiary alicyclic amines) is 1. The van der Waals surface area contributed by atoms with Gasteiger partial charge in [0.15, 0.2) is 23.0 Å². The Labute approximate surface area is 226 Å². The highest BCUT2D eigenvalue weighted by molar-refractivity contribution is 5.93. The predicted molar refractivity (Wildman–Crippen MR) is 143 cm³/mol. The van der Waals surface area contributed by atoms with Crippen molar-refractivity contribution in [1.82, 2.24) is 15.4 Å². The number of nitrogens with zero attached hydrogens (tertiary/aromatic N) is 2. The molecule has 39 heavy (non-hydrogen) atoms. The third-order valence-corrected chi connectivity index (χ3v) is 6.71. The number of fused-ring (bicyclic) bond motifs is 1. The van der Waals surface area contributed by atoms with E-state index in [4.69, 9.17) is 14.0 Å². The highest BCUT2D eigenvalue weighted by Crippen LogP contribution is 2.36. The minimum atomic E-state index is -0.368. The molecule has 2 aliphatic rings. The van der Waals surface area contributed by atoms with E-state index in [9.17, 15) is 14.7 Å². The van der Waals surface area contributed by atoms with Crippen LogP contribution in [0, 0.1) is 0 Å². The Kier molecular flexibility index (Phi) is 8.18. The Morgan fingerprint density at radius 2 is 1.77 bits per heavy atom. The third kappa shape index (κ3) is 6.10. The molecule has 2 N–H and O–H groups in total. The van der Waals surface area contributed by atoms with Gasteiger partial charge in [0.05, 0.1) is 12.1 Å². The van der Waals surface area contributed by atoms with Gasteiger partial charge in [-0.3, -0.25) is 9.59 Å². The average molecular weight is 528 g/mol. The predicted octanol–water partition coefficient (Wildman–Crippen LogP) is 4.51. The summed E-state index contributed by atoms with van der Waals surface area (Å²) in [5.41, 5.74) is 3.07. The average Bonchev–Trinajstić information content (AvgIpc) is 3.64. The fourth-order valence-corrected chi connectivity index (χ4v) is 4.50. The minimum absolute atomic E-state index is 0.0406. The van der Waals surface area contributed by atoms with E-state index >= 15 is 0 Å². The van der Waals surface area contributed by atoms with Gasteiger partial charge in [-0.05, 0) is 42.2 Å². The second kappa shape index (κ2) is 12.3. The molecule has 0 saturated carbocycles. The Bertz CT molecular complexity index is 1390. The Hall–Kier alpha value is -4.63. The number of aliphatic hydroxyl groups excluding tert-OH is 1. The molecule has 0 spiro atoms. The molecule has 2 atom stereocenters. The highest BCUT2D eigenvalue weighted by atomic mass is 16.7. The van der Waals surface area contributed by atoms with Crippen molar-refractivity contribution in [1.29, 1.82) is 0 Å². The summed E-state index contributed by atoms with van der Waals surface area (Å²) < 4.78 is 16.0. The molecule has 9 heteroatoms. The molecule has 0 radical (unpaired) electrons. The second-order valence-corrected chi connectivity index (χ2v) is 9.15. The number of benzene rings is 3. The van der Waals surface area contributed by atoms with Crippen LogP contribution < -0.4 is 14.8 Å². The number of hydrogen-bond donors (Lipinski definition) is 2. The molecule has 200 valence electrons. The molecule has 3 heterocycles. The first kappa shape index (κ1) is 26.0. The standard InChI is InChI=1S/C20H18N2O5.C10H11NO/c23-9-8-15(13-4-2-1-3-5-13)21-20(24)16-11-18(27-22-16)14-6-7-17-19(10-14)26-12-25-17;12-8-11-7-6-10(11)9-4-2-1-3-5-9/h1-7,10-11,15,23H,8-9,12H2,(H,21,24);1-5,8,10H,6-7H2. The van der Waals surface area contributed by atoms with Gasteiger partial charge in [0.25, 0.3) is 5.91 Å². The molecule has 0 bridgehead atoms. The van der Waals surface area contributed by atoms with E-state index in [0.717, 1.165) is 30.5 Å². The van der Waals surface area contributed by atoms with E-state index in [2.05, 4.69) is 22.6 Å². The SMILES string of the molecule is O=C(NC(CCO)c1ccccc1)c1cc(-c2ccc3c(c2)OCO3)on1.O=CN1CCC1c1ccccc1. The molecule has 1 aromatic heterocycles. The first-order valence-electron chi connectivity index (χ1n) is 12.8. The van der Waals surface area contributed by atoms with E-state index in [0.29, 0.717) is 29.7 Å². The van der Waals surface area contributed by atoms with Crippen LogP contribution in [-0.4, -0.2) is 47.4 Å². The monoisotopic (exact) mass is 527 g/mol. The fraction of sp³-hybridized carbons (Fsp3) is 0.233. The summed E-state index contributed by atoms with van der Waals surface area (Å²) in [6.45, 7) is 1.05. The van der Waals surface area contributed by atoms with Crippen LogP contribution in [-0.2, 0) is 4.79 Å². The van der Waals surface area contributed by atoms with Gasteiger partial charge in [0.2, 0.25) is 13.2 Å². The number of aliphatic hydroxyl groups is 1. The first-order valence-corrected chi connectivity index (χ1v) is 12.8. The normalized spacial score (nSPS) is 15.9. The van der Waals surface area contributed by atoms with Gasteiger partial charge in [0.1, 0.15) is 0 Å². The van der Waals surface area contributed by atoms with Gasteiger partial charge in [-0.15, -0.1) is 0 Å². The number of carbonyl (C=O) groups is 2. The number of hydrogen-bond acceptors (Lipinski definition) is 7. The van der Waals surface area contributed by atoms with Crippen LogP contribution in [0.2, 0.25) is 0 Å². The van der Waals surface area contributed by atoms with Crippen molar-refractivity contribution in [2.75, 3.05) is 19.9 Å². The lowest BCUT2D eigenvalue weighted by atomic mass is 9.96. The summed E-state index contributed by atoms with van der Waals surface area (Å²) in [5, 5.41) is 16.1. The van der Waals surface area contributed by atoms with Gasteiger partial charge in [0, 0.05) is 24.8 Å². The molecule has 1 saturated heterocycles. The number of ether oxygens (including phenoxy) is 2. The van der Waals surface area contributed by atoms with Gasteiger partial charge >= 0.3 is 0 Å². The van der Waals surface area contributed by atoms with Crippen molar-refractivity contribution in [3.8, 4) is 22.8 Å². The molecule has 0 aliphatic carbocycles. The van der Waals surface area contributed by atoms with E-state index in [1.807, 2.05) is 59.5 Å². The van der Waals surface area contributed by atoms with Crippen LogP contribution in [0.5, 0.6) is 11.5 Å². The van der Waals surface area contributed by atoms with Crippen molar-refractivity contribution in [2.24, 2.45) is 0 Å². The van der Waals surface area contributed by atoms with Gasteiger partial charge in [-0.1, -0.05) is 65.8 Å². The Morgan fingerprint density at radius 1 is 1.03 bits per heavy atom. The number of carbonyl (C=O) groups excluding carboxylic acids is 2. The topological polar surface area (TPSA) is 114 Å². The molecule has 6 rings (SSSR count). The van der Waals surface area contributed by atoms with Crippen LogP contribution in [0.3, 0.4) is 0 Å². The van der Waals surface area contributed by atoms with Gasteiger partial charge < -0.3 is 29.3 Å². The highest BCUT2D eigenvalue weighted by Gasteiger charge is 2.27. The maximum atomic E-state index is 12.6. The Morgan fingerprint density at radius 3 is 2.46 bits per heavy atom. The molecule has 9 nitrogen and oxygen atoms in total. The zero-order chi connectivity index (χ0) is 27.0. The molecule has 4 aromatic rings. The van der Waals surface area contributed by atoms with Gasteiger partial charge in [-0.25, -0.2) is 0 Å². The molecule has 1 fully saturated rings. The minimum Gasteiger partial charge on any atom is -0.454 e. The molecule has 2 aliphatic heterocycles. The maximum Gasteiger partial charge on any atom is 0.273 e. The van der Waals surface area contributed by atoms with Crippen LogP contribution in [0.4, 0.5) is 0 Å². The molecular formula is C30H29N3O6. The lowest BCUT2D eigenvalue weighted by Gasteiger charge is -2.38. The quantitative estimate of drug-likeness (QED) is 0.324. The summed E-state index contributed by atoms with van der Waals surface area (Å²) in [6.07, 6.45) is 2.44. The summed E-state index contributed by atoms with van der Waals surface area (Å²) in [6, 6.07) is 26.6. The van der Waals surface area contributed by atoms with Crippen molar-refractivity contribution in [2.45, 2.75) is 24.9 Å². The number of nitrogens with one attached hydrogen (secondary N) is 1. The largest absolute Gasteiger partial charge is 0.454 e. The summed E-state index contributed by atoms with van der Waals surface area (Å²) in [7, 11) is 0. The summed E-state index contributed by atoms with van der Waals surface area (Å²) in [4.78, 5) is 24.9. The van der Waals surface area contributed by atoms with Crippen molar-refractivity contribution in [3.05, 3.63) is 102 Å². The van der Waals surface area contributed by atoms with Crippen LogP contribution in [0.15, 0.2) is 89.5 Å². The van der Waals surface area contributed by atoms with Crippen LogP contribution in [0.25, 0.3) is 11.3 Å². The van der Waals surface area contributed by atoms with E-state index in [1.54, 1.807) is 18.2 Å². The molecule has 3 aromatic carbocycles. The van der Waals surface area contributed by atoms with Crippen LogP contribution >= 0.6 is 0 Å². The second-order valence-electron chi connectivity index (χ2n) is 9.15. The number of rotatable bonds is 8. The smallest absolute Gasteiger partial charge is 0.273 e. The van der Waals surface area contributed by atoms with E-state index in [-0.39, 0.29) is 31.0 Å². The summed E-state index contributed by atoms with van der Waals surface area (Å²) in [5.74, 6) is 1.39. The lowest BCUT2D eigenvalue weighted by molar-refractivity contribution is -0.125. The molecular weight excluding hydrogens is 498 g/mol. The molecule has 2 unspecified atom stereocenters. The van der Waals surface area contributed by atoms with Crippen molar-refractivity contribution >= 4 is 12.3 Å². The lowest BCUT2D eigenvalue weighted by Crippen LogP contribution is -2.39. The van der Waals surface area contributed by atoms with Crippen molar-refractivity contribution in [3.63, 3.8) is 0 Å². The summed E-state index contributed by atoms with van der Waals surface area (Å²) >= 11 is 0. The Balaban J connectivity index is 0.000000214. The van der Waals surface area contributed by atoms with E-state index < -0.39 is 0 Å².